The Morgan fingerprint density at radius 2 is 1.76 bits per heavy atom. The standard InChI is InChI=1S/C27H21ClN2O3/c1-3-15-33-26-23(28)17-19(18-24(26)32-4-2)16-22-25(20-11-7-5-8-12-20)29-30(27(22)31)21-13-9-6-10-14-21/h1,5-14,16-18H,4,15H2,2H3/b22-16-. The monoisotopic (exact) mass is 456 g/mol. The van der Waals surface area contributed by atoms with E-state index in [1.807, 2.05) is 67.6 Å². The van der Waals surface area contributed by atoms with E-state index in [2.05, 4.69) is 11.0 Å². The molecule has 0 fully saturated rings. The van der Waals surface area contributed by atoms with E-state index in [4.69, 9.17) is 27.5 Å². The van der Waals surface area contributed by atoms with Crippen molar-refractivity contribution in [2.45, 2.75) is 6.92 Å². The lowest BCUT2D eigenvalue weighted by molar-refractivity contribution is -0.114. The van der Waals surface area contributed by atoms with Gasteiger partial charge in [0.2, 0.25) is 0 Å². The lowest BCUT2D eigenvalue weighted by Gasteiger charge is -2.13. The van der Waals surface area contributed by atoms with Crippen LogP contribution in [0.5, 0.6) is 11.5 Å². The summed E-state index contributed by atoms with van der Waals surface area (Å²) in [7, 11) is 0. The number of halogens is 1. The third kappa shape index (κ3) is 4.77. The second-order valence-corrected chi connectivity index (χ2v) is 7.49. The summed E-state index contributed by atoms with van der Waals surface area (Å²) in [6, 6.07) is 22.4. The number of nitrogens with zero attached hydrogens (tertiary/aromatic N) is 2. The summed E-state index contributed by atoms with van der Waals surface area (Å²) in [5.74, 6) is 3.02. The van der Waals surface area contributed by atoms with Gasteiger partial charge in [-0.1, -0.05) is 66.1 Å². The van der Waals surface area contributed by atoms with Gasteiger partial charge in [-0.15, -0.1) is 6.42 Å². The number of ether oxygens (including phenoxy) is 2. The molecule has 3 aromatic carbocycles. The van der Waals surface area contributed by atoms with Crippen molar-refractivity contribution in [1.29, 1.82) is 0 Å². The predicted octanol–water partition coefficient (Wildman–Crippen LogP) is 5.59. The maximum absolute atomic E-state index is 13.4. The van der Waals surface area contributed by atoms with Gasteiger partial charge < -0.3 is 9.47 Å². The van der Waals surface area contributed by atoms with Crippen molar-refractivity contribution in [2.75, 3.05) is 18.2 Å². The highest BCUT2D eigenvalue weighted by Crippen LogP contribution is 2.38. The Bertz CT molecular complexity index is 1260. The van der Waals surface area contributed by atoms with Gasteiger partial charge in [0.25, 0.3) is 5.91 Å². The first kappa shape index (κ1) is 22.2. The van der Waals surface area contributed by atoms with Crippen molar-refractivity contribution in [3.8, 4) is 23.8 Å². The molecule has 0 aliphatic carbocycles. The Labute approximate surface area is 197 Å². The molecule has 1 heterocycles. The van der Waals surface area contributed by atoms with Gasteiger partial charge in [0.1, 0.15) is 12.3 Å². The van der Waals surface area contributed by atoms with Gasteiger partial charge in [-0.3, -0.25) is 4.79 Å². The van der Waals surface area contributed by atoms with Crippen molar-refractivity contribution in [3.63, 3.8) is 0 Å². The smallest absolute Gasteiger partial charge is 0.281 e. The van der Waals surface area contributed by atoms with Crippen LogP contribution in [0.1, 0.15) is 18.1 Å². The summed E-state index contributed by atoms with van der Waals surface area (Å²) in [6.07, 6.45) is 7.07. The van der Waals surface area contributed by atoms with Crippen LogP contribution in [-0.2, 0) is 4.79 Å². The molecule has 0 saturated heterocycles. The van der Waals surface area contributed by atoms with Crippen molar-refractivity contribution in [3.05, 3.63) is 94.5 Å². The van der Waals surface area contributed by atoms with Gasteiger partial charge >= 0.3 is 0 Å². The fourth-order valence-electron chi connectivity index (χ4n) is 3.45. The van der Waals surface area contributed by atoms with E-state index >= 15 is 0 Å². The molecule has 0 atom stereocenters. The zero-order valence-electron chi connectivity index (χ0n) is 18.0. The number of para-hydroxylation sites is 1. The van der Waals surface area contributed by atoms with Crippen LogP contribution in [0.4, 0.5) is 5.69 Å². The van der Waals surface area contributed by atoms with Gasteiger partial charge in [0.15, 0.2) is 11.5 Å². The van der Waals surface area contributed by atoms with Crippen LogP contribution < -0.4 is 14.5 Å². The number of anilines is 1. The van der Waals surface area contributed by atoms with Crippen LogP contribution in [0.3, 0.4) is 0 Å². The Kier molecular flexibility index (Phi) is 6.77. The van der Waals surface area contributed by atoms with Crippen molar-refractivity contribution >= 4 is 35.0 Å². The molecule has 1 amide bonds. The van der Waals surface area contributed by atoms with Gasteiger partial charge in [0.05, 0.1) is 22.9 Å². The highest BCUT2D eigenvalue weighted by molar-refractivity contribution is 6.37. The van der Waals surface area contributed by atoms with Crippen LogP contribution in [0.25, 0.3) is 6.08 Å². The summed E-state index contributed by atoms with van der Waals surface area (Å²) in [5, 5.41) is 6.39. The Balaban J connectivity index is 1.80. The second-order valence-electron chi connectivity index (χ2n) is 7.08. The van der Waals surface area contributed by atoms with Gasteiger partial charge in [-0.05, 0) is 42.8 Å². The van der Waals surface area contributed by atoms with Gasteiger partial charge in [0, 0.05) is 5.56 Å². The quantitative estimate of drug-likeness (QED) is 0.344. The molecule has 0 aromatic heterocycles. The minimum atomic E-state index is -0.234. The molecule has 1 aliphatic heterocycles. The molecule has 6 heteroatoms. The van der Waals surface area contributed by atoms with Crippen LogP contribution in [0.2, 0.25) is 5.02 Å². The number of terminal acetylenes is 1. The molecule has 33 heavy (non-hydrogen) atoms. The topological polar surface area (TPSA) is 51.1 Å². The number of hydrogen-bond acceptors (Lipinski definition) is 4. The van der Waals surface area contributed by atoms with Crippen LogP contribution >= 0.6 is 11.6 Å². The fraction of sp³-hybridized carbons (Fsp3) is 0.111. The maximum Gasteiger partial charge on any atom is 0.281 e. The van der Waals surface area contributed by atoms with Crippen molar-refractivity contribution < 1.29 is 14.3 Å². The van der Waals surface area contributed by atoms with Crippen LogP contribution in [0, 0.1) is 12.3 Å². The summed E-state index contributed by atoms with van der Waals surface area (Å²) in [5.41, 5.74) is 3.22. The van der Waals surface area contributed by atoms with Gasteiger partial charge in [-0.2, -0.15) is 10.1 Å². The molecule has 0 radical (unpaired) electrons. The van der Waals surface area contributed by atoms with E-state index in [1.165, 1.54) is 5.01 Å². The average molecular weight is 457 g/mol. The lowest BCUT2D eigenvalue weighted by Crippen LogP contribution is -2.21. The summed E-state index contributed by atoms with van der Waals surface area (Å²) < 4.78 is 11.3. The van der Waals surface area contributed by atoms with Crippen molar-refractivity contribution in [1.82, 2.24) is 0 Å². The summed E-state index contributed by atoms with van der Waals surface area (Å²) >= 11 is 6.48. The number of amides is 1. The molecule has 0 unspecified atom stereocenters. The number of hydrazone groups is 1. The zero-order chi connectivity index (χ0) is 23.2. The summed E-state index contributed by atoms with van der Waals surface area (Å²) in [4.78, 5) is 13.4. The van der Waals surface area contributed by atoms with Crippen LogP contribution in [0.15, 0.2) is 83.5 Å². The molecular formula is C27H21ClN2O3. The molecule has 3 aromatic rings. The number of hydrogen-bond donors (Lipinski definition) is 0. The molecule has 164 valence electrons. The highest BCUT2D eigenvalue weighted by Gasteiger charge is 2.32. The number of carbonyl (C=O) groups is 1. The number of benzene rings is 3. The normalized spacial score (nSPS) is 14.2. The molecular weight excluding hydrogens is 436 g/mol. The predicted molar refractivity (Wildman–Crippen MR) is 132 cm³/mol. The molecule has 1 aliphatic rings. The van der Waals surface area contributed by atoms with Gasteiger partial charge in [-0.25, -0.2) is 0 Å². The average Bonchev–Trinajstić information content (AvgIpc) is 3.16. The first-order valence-corrected chi connectivity index (χ1v) is 10.8. The Morgan fingerprint density at radius 3 is 2.42 bits per heavy atom. The van der Waals surface area contributed by atoms with Crippen molar-refractivity contribution in [2.24, 2.45) is 5.10 Å². The Hall–Kier alpha value is -4.01. The lowest BCUT2D eigenvalue weighted by atomic mass is 10.00. The van der Waals surface area contributed by atoms with E-state index in [0.29, 0.717) is 45.7 Å². The third-order valence-corrected chi connectivity index (χ3v) is 5.15. The second kappa shape index (κ2) is 10.1. The molecule has 0 spiro atoms. The maximum atomic E-state index is 13.4. The third-order valence-electron chi connectivity index (χ3n) is 4.87. The minimum absolute atomic E-state index is 0.0650. The molecule has 0 bridgehead atoms. The fourth-order valence-corrected chi connectivity index (χ4v) is 3.73. The summed E-state index contributed by atoms with van der Waals surface area (Å²) in [6.45, 7) is 2.35. The first-order valence-electron chi connectivity index (χ1n) is 10.4. The molecule has 4 rings (SSSR count). The minimum Gasteiger partial charge on any atom is -0.490 e. The molecule has 5 nitrogen and oxygen atoms in total. The van der Waals surface area contributed by atoms with E-state index < -0.39 is 0 Å². The number of rotatable bonds is 7. The van der Waals surface area contributed by atoms with E-state index in [9.17, 15) is 4.79 Å². The van der Waals surface area contributed by atoms with E-state index in [0.717, 1.165) is 5.56 Å². The Morgan fingerprint density at radius 1 is 1.06 bits per heavy atom. The first-order chi connectivity index (χ1) is 16.1. The number of carbonyl (C=O) groups excluding carboxylic acids is 1. The SMILES string of the molecule is C#CCOc1c(Cl)cc(/C=C2\C(=O)N(c3ccccc3)N=C2c2ccccc2)cc1OCC. The highest BCUT2D eigenvalue weighted by atomic mass is 35.5. The van der Waals surface area contributed by atoms with E-state index in [-0.39, 0.29) is 12.5 Å². The van der Waals surface area contributed by atoms with E-state index in [1.54, 1.807) is 18.2 Å². The zero-order valence-corrected chi connectivity index (χ0v) is 18.8. The molecule has 0 saturated carbocycles. The largest absolute Gasteiger partial charge is 0.490 e. The van der Waals surface area contributed by atoms with Crippen LogP contribution in [-0.4, -0.2) is 24.8 Å². The molecule has 0 N–H and O–H groups in total.